The molecule has 0 aliphatic rings. The van der Waals surface area contributed by atoms with E-state index in [-0.39, 0.29) is 17.1 Å². The number of carboxylic acids is 1. The zero-order valence-corrected chi connectivity index (χ0v) is 10.7. The Balaban J connectivity index is 2.43. The van der Waals surface area contributed by atoms with Gasteiger partial charge in [0.05, 0.1) is 6.61 Å². The lowest BCUT2D eigenvalue weighted by Crippen LogP contribution is -2.01. The number of aromatic carboxylic acids is 1. The maximum absolute atomic E-state index is 10.8. The molecule has 1 rings (SSSR count). The standard InChI is InChI=1S/C14H20O4/c1-2-3-4-5-6-10-18-12-9-7-8-11(13(12)15)14(16)17/h7-9,15H,2-6,10H2,1H3,(H,16,17). The number of para-hydroxylation sites is 1. The summed E-state index contributed by atoms with van der Waals surface area (Å²) < 4.78 is 5.39. The van der Waals surface area contributed by atoms with Crippen LogP contribution in [0.25, 0.3) is 0 Å². The van der Waals surface area contributed by atoms with Crippen LogP contribution >= 0.6 is 0 Å². The van der Waals surface area contributed by atoms with E-state index < -0.39 is 5.97 Å². The topological polar surface area (TPSA) is 66.8 Å². The van der Waals surface area contributed by atoms with Crippen molar-refractivity contribution in [2.24, 2.45) is 0 Å². The van der Waals surface area contributed by atoms with Crippen molar-refractivity contribution < 1.29 is 19.7 Å². The third-order valence-electron chi connectivity index (χ3n) is 2.73. The van der Waals surface area contributed by atoms with Gasteiger partial charge in [0, 0.05) is 0 Å². The molecule has 0 heterocycles. The van der Waals surface area contributed by atoms with Crippen LogP contribution in [-0.2, 0) is 0 Å². The number of carbonyl (C=O) groups is 1. The van der Waals surface area contributed by atoms with Gasteiger partial charge in [0.25, 0.3) is 0 Å². The van der Waals surface area contributed by atoms with Gasteiger partial charge in [-0.05, 0) is 18.6 Å². The Morgan fingerprint density at radius 2 is 1.94 bits per heavy atom. The van der Waals surface area contributed by atoms with Gasteiger partial charge in [-0.3, -0.25) is 0 Å². The Hall–Kier alpha value is -1.71. The molecule has 1 aromatic carbocycles. The van der Waals surface area contributed by atoms with E-state index in [4.69, 9.17) is 9.84 Å². The van der Waals surface area contributed by atoms with Crippen LogP contribution in [0, 0.1) is 0 Å². The molecule has 0 aromatic heterocycles. The maximum atomic E-state index is 10.8. The van der Waals surface area contributed by atoms with E-state index in [1.165, 1.54) is 25.3 Å². The molecular formula is C14H20O4. The third kappa shape index (κ3) is 4.28. The first kappa shape index (κ1) is 14.4. The van der Waals surface area contributed by atoms with Crippen molar-refractivity contribution in [2.45, 2.75) is 39.0 Å². The Bertz CT molecular complexity index is 387. The summed E-state index contributed by atoms with van der Waals surface area (Å²) in [6, 6.07) is 4.50. The number of hydrogen-bond donors (Lipinski definition) is 2. The highest BCUT2D eigenvalue weighted by Crippen LogP contribution is 2.29. The van der Waals surface area contributed by atoms with Crippen LogP contribution in [-0.4, -0.2) is 22.8 Å². The van der Waals surface area contributed by atoms with Crippen molar-refractivity contribution in [3.05, 3.63) is 23.8 Å². The molecule has 4 nitrogen and oxygen atoms in total. The summed E-state index contributed by atoms with van der Waals surface area (Å²) in [5.74, 6) is -1.20. The summed E-state index contributed by atoms with van der Waals surface area (Å²) in [5.41, 5.74) is -0.126. The Morgan fingerprint density at radius 1 is 1.22 bits per heavy atom. The quantitative estimate of drug-likeness (QED) is 0.695. The third-order valence-corrected chi connectivity index (χ3v) is 2.73. The molecule has 2 N–H and O–H groups in total. The van der Waals surface area contributed by atoms with E-state index in [2.05, 4.69) is 6.92 Å². The fourth-order valence-corrected chi connectivity index (χ4v) is 1.70. The fourth-order valence-electron chi connectivity index (χ4n) is 1.70. The van der Waals surface area contributed by atoms with Crippen molar-refractivity contribution in [1.82, 2.24) is 0 Å². The second kappa shape index (κ2) is 7.58. The van der Waals surface area contributed by atoms with Gasteiger partial charge in [-0.2, -0.15) is 0 Å². The van der Waals surface area contributed by atoms with Crippen molar-refractivity contribution in [1.29, 1.82) is 0 Å². The monoisotopic (exact) mass is 252 g/mol. The zero-order chi connectivity index (χ0) is 13.4. The SMILES string of the molecule is CCCCCCCOc1cccc(C(=O)O)c1O. The predicted molar refractivity (Wildman–Crippen MR) is 69.3 cm³/mol. The number of hydrogen-bond acceptors (Lipinski definition) is 3. The van der Waals surface area contributed by atoms with Crippen LogP contribution in [0.3, 0.4) is 0 Å². The Morgan fingerprint density at radius 3 is 2.61 bits per heavy atom. The first-order valence-electron chi connectivity index (χ1n) is 6.35. The molecule has 0 aliphatic carbocycles. The number of carboxylic acid groups (broad SMARTS) is 1. The van der Waals surface area contributed by atoms with Gasteiger partial charge in [-0.1, -0.05) is 38.7 Å². The average Bonchev–Trinajstić information content (AvgIpc) is 2.35. The largest absolute Gasteiger partial charge is 0.504 e. The summed E-state index contributed by atoms with van der Waals surface area (Å²) in [6.07, 6.45) is 5.60. The predicted octanol–water partition coefficient (Wildman–Crippen LogP) is 3.44. The molecule has 0 saturated carbocycles. The molecule has 0 atom stereocenters. The summed E-state index contributed by atoms with van der Waals surface area (Å²) >= 11 is 0. The number of aromatic hydroxyl groups is 1. The Labute approximate surface area is 107 Å². The van der Waals surface area contributed by atoms with E-state index >= 15 is 0 Å². The van der Waals surface area contributed by atoms with Crippen LogP contribution in [0.2, 0.25) is 0 Å². The lowest BCUT2D eigenvalue weighted by Gasteiger charge is -2.09. The maximum Gasteiger partial charge on any atom is 0.339 e. The normalized spacial score (nSPS) is 10.3. The number of unbranched alkanes of at least 4 members (excludes halogenated alkanes) is 4. The highest BCUT2D eigenvalue weighted by Gasteiger charge is 2.13. The van der Waals surface area contributed by atoms with Crippen LogP contribution in [0.1, 0.15) is 49.4 Å². The van der Waals surface area contributed by atoms with Gasteiger partial charge in [0.2, 0.25) is 0 Å². The smallest absolute Gasteiger partial charge is 0.339 e. The van der Waals surface area contributed by atoms with Gasteiger partial charge in [0.1, 0.15) is 5.56 Å². The minimum Gasteiger partial charge on any atom is -0.504 e. The van der Waals surface area contributed by atoms with E-state index in [9.17, 15) is 9.90 Å². The number of benzene rings is 1. The molecule has 0 aliphatic heterocycles. The van der Waals surface area contributed by atoms with Crippen molar-refractivity contribution >= 4 is 5.97 Å². The minimum atomic E-state index is -1.15. The molecule has 0 amide bonds. The van der Waals surface area contributed by atoms with Crippen molar-refractivity contribution in [3.63, 3.8) is 0 Å². The first-order chi connectivity index (χ1) is 8.66. The van der Waals surface area contributed by atoms with E-state index in [1.54, 1.807) is 12.1 Å². The van der Waals surface area contributed by atoms with Crippen LogP contribution < -0.4 is 4.74 Å². The second-order valence-electron chi connectivity index (χ2n) is 4.22. The molecule has 0 bridgehead atoms. The molecule has 0 unspecified atom stereocenters. The molecule has 100 valence electrons. The highest BCUT2D eigenvalue weighted by atomic mass is 16.5. The molecular weight excluding hydrogens is 232 g/mol. The molecule has 4 heteroatoms. The van der Waals surface area contributed by atoms with Gasteiger partial charge in [-0.25, -0.2) is 4.79 Å². The van der Waals surface area contributed by atoms with Crippen LogP contribution in [0.15, 0.2) is 18.2 Å². The van der Waals surface area contributed by atoms with Crippen molar-refractivity contribution in [3.8, 4) is 11.5 Å². The number of rotatable bonds is 8. The molecule has 0 spiro atoms. The molecule has 0 radical (unpaired) electrons. The molecule has 18 heavy (non-hydrogen) atoms. The zero-order valence-electron chi connectivity index (χ0n) is 10.7. The molecule has 0 fully saturated rings. The highest BCUT2D eigenvalue weighted by molar-refractivity contribution is 5.91. The summed E-state index contributed by atoms with van der Waals surface area (Å²) in [5, 5.41) is 18.5. The van der Waals surface area contributed by atoms with Gasteiger partial charge in [0.15, 0.2) is 11.5 Å². The van der Waals surface area contributed by atoms with E-state index in [0.717, 1.165) is 12.8 Å². The fraction of sp³-hybridized carbons (Fsp3) is 0.500. The van der Waals surface area contributed by atoms with Gasteiger partial charge >= 0.3 is 5.97 Å². The Kier molecular flexibility index (Phi) is 6.05. The van der Waals surface area contributed by atoms with Crippen LogP contribution in [0.4, 0.5) is 0 Å². The van der Waals surface area contributed by atoms with Crippen LogP contribution in [0.5, 0.6) is 11.5 Å². The summed E-state index contributed by atoms with van der Waals surface area (Å²) in [7, 11) is 0. The summed E-state index contributed by atoms with van der Waals surface area (Å²) in [4.78, 5) is 10.8. The lowest BCUT2D eigenvalue weighted by molar-refractivity contribution is 0.0693. The minimum absolute atomic E-state index is 0.126. The van der Waals surface area contributed by atoms with E-state index in [0.29, 0.717) is 6.61 Å². The number of ether oxygens (including phenoxy) is 1. The van der Waals surface area contributed by atoms with Gasteiger partial charge < -0.3 is 14.9 Å². The second-order valence-corrected chi connectivity index (χ2v) is 4.22. The first-order valence-corrected chi connectivity index (χ1v) is 6.35. The molecule has 0 saturated heterocycles. The molecule has 1 aromatic rings. The average molecular weight is 252 g/mol. The van der Waals surface area contributed by atoms with E-state index in [1.807, 2.05) is 0 Å². The summed E-state index contributed by atoms with van der Waals surface area (Å²) in [6.45, 7) is 2.66. The number of phenols is 1. The van der Waals surface area contributed by atoms with Crippen molar-refractivity contribution in [2.75, 3.05) is 6.61 Å². The lowest BCUT2D eigenvalue weighted by atomic mass is 10.1. The van der Waals surface area contributed by atoms with Gasteiger partial charge in [-0.15, -0.1) is 0 Å².